The van der Waals surface area contributed by atoms with E-state index in [2.05, 4.69) is 10.6 Å². The first kappa shape index (κ1) is 24.2. The summed E-state index contributed by atoms with van der Waals surface area (Å²) in [4.78, 5) is 48.6. The van der Waals surface area contributed by atoms with E-state index in [0.717, 1.165) is 47.8 Å². The number of hydrogen-bond donors (Lipinski definition) is 0. The predicted molar refractivity (Wildman–Crippen MR) is 126 cm³/mol. The fraction of sp³-hybridized carbons (Fsp3) is 0.440. The molecular weight excluding hydrogens is 422 g/mol. The maximum atomic E-state index is 12.7. The van der Waals surface area contributed by atoms with Crippen molar-refractivity contribution in [1.82, 2.24) is 13.7 Å². The Morgan fingerprint density at radius 1 is 1.15 bits per heavy atom. The first-order chi connectivity index (χ1) is 15.7. The van der Waals surface area contributed by atoms with E-state index in [-0.39, 0.29) is 18.0 Å². The van der Waals surface area contributed by atoms with Crippen LogP contribution in [0.15, 0.2) is 39.6 Å². The van der Waals surface area contributed by atoms with Gasteiger partial charge in [0.1, 0.15) is 0 Å². The lowest BCUT2D eigenvalue weighted by Crippen LogP contribution is -2.37. The highest BCUT2D eigenvalue weighted by Crippen LogP contribution is 2.23. The molecule has 2 aromatic rings. The van der Waals surface area contributed by atoms with Crippen LogP contribution in [0.5, 0.6) is 0 Å². The second-order valence-corrected chi connectivity index (χ2v) is 8.50. The maximum absolute atomic E-state index is 12.7. The molecule has 0 aromatic carbocycles. The molecule has 0 radical (unpaired) electrons. The van der Waals surface area contributed by atoms with Gasteiger partial charge in [-0.25, -0.2) is 9.59 Å². The summed E-state index contributed by atoms with van der Waals surface area (Å²) in [5.74, 6) is -1.01. The summed E-state index contributed by atoms with van der Waals surface area (Å²) in [5.41, 5.74) is 3.09. The van der Waals surface area contributed by atoms with Crippen LogP contribution >= 0.6 is 0 Å². The minimum Gasteiger partial charge on any atom is -0.454 e. The fourth-order valence-electron chi connectivity index (χ4n) is 4.19. The van der Waals surface area contributed by atoms with E-state index < -0.39 is 17.2 Å². The lowest BCUT2D eigenvalue weighted by Gasteiger charge is -2.15. The highest BCUT2D eigenvalue weighted by molar-refractivity contribution is 6.00. The van der Waals surface area contributed by atoms with Gasteiger partial charge in [0.2, 0.25) is 5.78 Å². The number of carbonyl (C=O) groups excluding carboxylic acids is 2. The Hall–Kier alpha value is -3.42. The van der Waals surface area contributed by atoms with Gasteiger partial charge in [-0.05, 0) is 58.1 Å². The summed E-state index contributed by atoms with van der Waals surface area (Å²) in [6.45, 7) is 4.33. The zero-order valence-corrected chi connectivity index (χ0v) is 19.7. The third-order valence-corrected chi connectivity index (χ3v) is 6.13. The highest BCUT2D eigenvalue weighted by atomic mass is 16.5. The number of aromatic nitrogens is 3. The summed E-state index contributed by atoms with van der Waals surface area (Å²) < 4.78 is 9.43. The number of aryl methyl sites for hydroxylation is 2. The largest absolute Gasteiger partial charge is 0.454 e. The average molecular weight is 454 g/mol. The van der Waals surface area contributed by atoms with Gasteiger partial charge in [0.05, 0.1) is 5.56 Å². The number of allylic oxidation sites excluding steroid dienone is 2. The van der Waals surface area contributed by atoms with Crippen molar-refractivity contribution < 1.29 is 14.3 Å². The quantitative estimate of drug-likeness (QED) is 0.265. The van der Waals surface area contributed by atoms with E-state index in [1.807, 2.05) is 19.9 Å². The second-order valence-electron chi connectivity index (χ2n) is 8.50. The molecule has 8 nitrogen and oxygen atoms in total. The molecule has 0 fully saturated rings. The Morgan fingerprint density at radius 3 is 2.61 bits per heavy atom. The number of ether oxygens (including phenoxy) is 1. The number of esters is 1. The Bertz CT molecular complexity index is 1240. The standard InChI is InChI=1S/C25H31N3O5/c1-17-14-21(18(2)28(17)13-12-19-8-6-5-7-9-19)22(29)16-33-23(30)11-10-20-15-26(3)25(32)27(4)24(20)31/h8,10-11,14-15H,5-7,9,12-13,16H2,1-4H3. The minimum absolute atomic E-state index is 0.166. The van der Waals surface area contributed by atoms with E-state index in [0.29, 0.717) is 5.56 Å². The van der Waals surface area contributed by atoms with Crippen molar-refractivity contribution in [2.75, 3.05) is 6.61 Å². The van der Waals surface area contributed by atoms with Gasteiger partial charge in [0, 0.05) is 49.9 Å². The molecule has 2 heterocycles. The first-order valence-electron chi connectivity index (χ1n) is 11.2. The molecule has 2 aromatic heterocycles. The predicted octanol–water partition coefficient (Wildman–Crippen LogP) is 2.83. The number of nitrogens with zero attached hydrogens (tertiary/aromatic N) is 3. The molecule has 0 aliphatic heterocycles. The van der Waals surface area contributed by atoms with E-state index in [1.54, 1.807) is 0 Å². The molecule has 1 aliphatic carbocycles. The van der Waals surface area contributed by atoms with E-state index >= 15 is 0 Å². The normalized spacial score (nSPS) is 13.9. The number of hydrogen-bond acceptors (Lipinski definition) is 5. The van der Waals surface area contributed by atoms with Crippen molar-refractivity contribution in [2.45, 2.75) is 52.5 Å². The van der Waals surface area contributed by atoms with Crippen LogP contribution in [0.2, 0.25) is 0 Å². The molecular formula is C25H31N3O5. The lowest BCUT2D eigenvalue weighted by molar-refractivity contribution is -0.136. The first-order valence-corrected chi connectivity index (χ1v) is 11.2. The molecule has 0 atom stereocenters. The van der Waals surface area contributed by atoms with Crippen LogP contribution in [-0.2, 0) is 30.2 Å². The summed E-state index contributed by atoms with van der Waals surface area (Å²) in [5, 5.41) is 0. The number of ketones is 1. The van der Waals surface area contributed by atoms with Gasteiger partial charge in [-0.15, -0.1) is 0 Å². The molecule has 0 spiro atoms. The van der Waals surface area contributed by atoms with Crippen LogP contribution in [0.1, 0.15) is 59.4 Å². The Morgan fingerprint density at radius 2 is 1.91 bits per heavy atom. The molecule has 0 unspecified atom stereocenters. The van der Waals surface area contributed by atoms with Crippen LogP contribution in [-0.4, -0.2) is 32.1 Å². The summed E-state index contributed by atoms with van der Waals surface area (Å²) >= 11 is 0. The van der Waals surface area contributed by atoms with Gasteiger partial charge in [-0.2, -0.15) is 0 Å². The van der Waals surface area contributed by atoms with Crippen LogP contribution in [0.3, 0.4) is 0 Å². The van der Waals surface area contributed by atoms with Crippen LogP contribution < -0.4 is 11.2 Å². The van der Waals surface area contributed by atoms with Crippen molar-refractivity contribution >= 4 is 17.8 Å². The summed E-state index contributed by atoms with van der Waals surface area (Å²) in [7, 11) is 2.88. The van der Waals surface area contributed by atoms with E-state index in [9.17, 15) is 19.2 Å². The summed E-state index contributed by atoms with van der Waals surface area (Å²) in [6.07, 6.45) is 11.8. The van der Waals surface area contributed by atoms with Crippen LogP contribution in [0.25, 0.3) is 6.08 Å². The molecule has 0 saturated carbocycles. The molecule has 0 saturated heterocycles. The lowest BCUT2D eigenvalue weighted by atomic mass is 9.97. The monoisotopic (exact) mass is 453 g/mol. The minimum atomic E-state index is -0.739. The maximum Gasteiger partial charge on any atom is 0.331 e. The number of rotatable bonds is 8. The average Bonchev–Trinajstić information content (AvgIpc) is 3.10. The van der Waals surface area contributed by atoms with Crippen molar-refractivity contribution in [2.24, 2.45) is 14.1 Å². The van der Waals surface area contributed by atoms with Crippen molar-refractivity contribution in [3.05, 3.63) is 73.3 Å². The van der Waals surface area contributed by atoms with E-state index in [1.165, 1.54) is 49.4 Å². The molecule has 33 heavy (non-hydrogen) atoms. The van der Waals surface area contributed by atoms with Gasteiger partial charge in [-0.3, -0.25) is 14.2 Å². The molecule has 0 N–H and O–H groups in total. The molecule has 0 bridgehead atoms. The molecule has 1 aliphatic rings. The fourth-order valence-corrected chi connectivity index (χ4v) is 4.19. The molecule has 8 heteroatoms. The van der Waals surface area contributed by atoms with Gasteiger partial charge in [0.15, 0.2) is 6.61 Å². The van der Waals surface area contributed by atoms with Gasteiger partial charge in [0.25, 0.3) is 5.56 Å². The SMILES string of the molecule is Cc1cc(C(=O)COC(=O)C=Cc2cn(C)c(=O)n(C)c2=O)c(C)n1CCC1=CCCCC1. The Labute approximate surface area is 192 Å². The smallest absolute Gasteiger partial charge is 0.331 e. The number of carbonyl (C=O) groups is 2. The number of Topliss-reactive ketones (excluding diaryl/α,β-unsaturated/α-hetero) is 1. The molecule has 3 rings (SSSR count). The topological polar surface area (TPSA) is 92.3 Å². The van der Waals surface area contributed by atoms with Crippen molar-refractivity contribution in [3.8, 4) is 0 Å². The zero-order valence-electron chi connectivity index (χ0n) is 19.7. The van der Waals surface area contributed by atoms with Crippen LogP contribution in [0, 0.1) is 13.8 Å². The Balaban J connectivity index is 1.61. The van der Waals surface area contributed by atoms with Crippen molar-refractivity contribution in [3.63, 3.8) is 0 Å². The van der Waals surface area contributed by atoms with Crippen molar-refractivity contribution in [1.29, 1.82) is 0 Å². The van der Waals surface area contributed by atoms with E-state index in [4.69, 9.17) is 4.74 Å². The zero-order chi connectivity index (χ0) is 24.1. The molecule has 176 valence electrons. The second kappa shape index (κ2) is 10.5. The van der Waals surface area contributed by atoms with Gasteiger partial charge >= 0.3 is 11.7 Å². The molecule has 0 amide bonds. The van der Waals surface area contributed by atoms with Gasteiger partial charge in [-0.1, -0.05) is 11.6 Å². The van der Waals surface area contributed by atoms with Crippen LogP contribution in [0.4, 0.5) is 0 Å². The Kier molecular flexibility index (Phi) is 7.68. The third kappa shape index (κ3) is 5.69. The third-order valence-electron chi connectivity index (χ3n) is 6.13. The summed E-state index contributed by atoms with van der Waals surface area (Å²) in [6, 6.07) is 1.84. The highest BCUT2D eigenvalue weighted by Gasteiger charge is 2.17. The van der Waals surface area contributed by atoms with Gasteiger partial charge < -0.3 is 13.9 Å².